The maximum absolute atomic E-state index is 12.6. The van der Waals surface area contributed by atoms with Gasteiger partial charge in [0.15, 0.2) is 0 Å². The molecule has 0 fully saturated rings. The molecule has 0 aromatic heterocycles. The van der Waals surface area contributed by atoms with Crippen LogP contribution < -0.4 is 10.0 Å². The molecule has 2 N–H and O–H groups in total. The van der Waals surface area contributed by atoms with Crippen molar-refractivity contribution < 1.29 is 13.2 Å². The number of nitrogens with one attached hydrogen (secondary N) is 2. The van der Waals surface area contributed by atoms with Crippen LogP contribution >= 0.6 is 0 Å². The Bertz CT molecular complexity index is 843. The lowest BCUT2D eigenvalue weighted by Crippen LogP contribution is -2.33. The Morgan fingerprint density at radius 2 is 1.72 bits per heavy atom. The van der Waals surface area contributed by atoms with Crippen LogP contribution in [0.2, 0.25) is 0 Å². The summed E-state index contributed by atoms with van der Waals surface area (Å²) < 4.78 is 27.8. The van der Waals surface area contributed by atoms with Gasteiger partial charge in [0.1, 0.15) is 0 Å². The molecule has 0 unspecified atom stereocenters. The molecular weight excluding hydrogens is 336 g/mol. The lowest BCUT2D eigenvalue weighted by Gasteiger charge is -2.15. The average molecular weight is 360 g/mol. The molecule has 0 spiro atoms. The van der Waals surface area contributed by atoms with Crippen molar-refractivity contribution in [3.05, 3.63) is 59.7 Å². The molecule has 0 aliphatic heterocycles. The second-order valence-electron chi connectivity index (χ2n) is 5.94. The zero-order valence-corrected chi connectivity index (χ0v) is 15.6. The van der Waals surface area contributed by atoms with E-state index >= 15 is 0 Å². The first-order valence-electron chi connectivity index (χ1n) is 8.36. The van der Waals surface area contributed by atoms with Gasteiger partial charge in [-0.15, -0.1) is 0 Å². The highest BCUT2D eigenvalue weighted by Crippen LogP contribution is 2.20. The minimum atomic E-state index is -3.76. The van der Waals surface area contributed by atoms with Gasteiger partial charge < -0.3 is 5.32 Å². The van der Waals surface area contributed by atoms with Gasteiger partial charge in [0.25, 0.3) is 15.9 Å². The third-order valence-electron chi connectivity index (χ3n) is 4.12. The first-order chi connectivity index (χ1) is 11.9. The average Bonchev–Trinajstić information content (AvgIpc) is 2.61. The van der Waals surface area contributed by atoms with E-state index in [0.29, 0.717) is 11.3 Å². The predicted octanol–water partition coefficient (Wildman–Crippen LogP) is 3.71. The number of carbonyl (C=O) groups is 1. The zero-order valence-electron chi connectivity index (χ0n) is 14.7. The fourth-order valence-corrected chi connectivity index (χ4v) is 3.63. The lowest BCUT2D eigenvalue weighted by atomic mass is 10.1. The summed E-state index contributed by atoms with van der Waals surface area (Å²) in [4.78, 5) is 12.4. The minimum absolute atomic E-state index is 0.0629. The van der Waals surface area contributed by atoms with Crippen molar-refractivity contribution in [3.8, 4) is 0 Å². The fourth-order valence-electron chi connectivity index (χ4n) is 2.46. The SMILES string of the molecule is CCC(CC)NC(=O)c1cccc(S(=O)(=O)Nc2ccccc2C)c1. The number of rotatable bonds is 7. The van der Waals surface area contributed by atoms with Crippen molar-refractivity contribution in [1.29, 1.82) is 0 Å². The lowest BCUT2D eigenvalue weighted by molar-refractivity contribution is 0.0934. The van der Waals surface area contributed by atoms with Crippen molar-refractivity contribution in [1.82, 2.24) is 5.32 Å². The highest BCUT2D eigenvalue weighted by molar-refractivity contribution is 7.92. The number of carbonyl (C=O) groups excluding carboxylic acids is 1. The molecule has 0 radical (unpaired) electrons. The molecule has 2 aromatic rings. The smallest absolute Gasteiger partial charge is 0.261 e. The summed E-state index contributed by atoms with van der Waals surface area (Å²) in [6.45, 7) is 5.83. The third kappa shape index (κ3) is 4.82. The Morgan fingerprint density at radius 3 is 2.36 bits per heavy atom. The van der Waals surface area contributed by atoms with E-state index in [0.717, 1.165) is 18.4 Å². The standard InChI is InChI=1S/C19H24N2O3S/c1-4-16(5-2)20-19(22)15-10-8-11-17(13-15)25(23,24)21-18-12-7-6-9-14(18)3/h6-13,16,21H,4-5H2,1-3H3,(H,20,22). The van der Waals surface area contributed by atoms with Crippen LogP contribution in [0, 0.1) is 6.92 Å². The van der Waals surface area contributed by atoms with E-state index in [4.69, 9.17) is 0 Å². The summed E-state index contributed by atoms with van der Waals surface area (Å²) in [5.41, 5.74) is 1.68. The number of benzene rings is 2. The predicted molar refractivity (Wildman–Crippen MR) is 100 cm³/mol. The summed E-state index contributed by atoms with van der Waals surface area (Å²) in [7, 11) is -3.76. The van der Waals surface area contributed by atoms with E-state index in [1.807, 2.05) is 32.9 Å². The zero-order chi connectivity index (χ0) is 18.4. The van der Waals surface area contributed by atoms with E-state index in [9.17, 15) is 13.2 Å². The summed E-state index contributed by atoms with van der Waals surface area (Å²) in [6, 6.07) is 13.3. The number of para-hydroxylation sites is 1. The number of amides is 1. The van der Waals surface area contributed by atoms with Gasteiger partial charge in [-0.3, -0.25) is 9.52 Å². The molecule has 0 heterocycles. The number of hydrogen-bond donors (Lipinski definition) is 2. The van der Waals surface area contributed by atoms with Crippen molar-refractivity contribution in [2.75, 3.05) is 4.72 Å². The van der Waals surface area contributed by atoms with Crippen LogP contribution in [0.3, 0.4) is 0 Å². The van der Waals surface area contributed by atoms with Gasteiger partial charge in [0.05, 0.1) is 10.6 Å². The molecule has 25 heavy (non-hydrogen) atoms. The molecule has 0 bridgehead atoms. The van der Waals surface area contributed by atoms with E-state index in [-0.39, 0.29) is 16.8 Å². The van der Waals surface area contributed by atoms with Gasteiger partial charge >= 0.3 is 0 Å². The highest BCUT2D eigenvalue weighted by Gasteiger charge is 2.18. The van der Waals surface area contributed by atoms with E-state index < -0.39 is 10.0 Å². The Hall–Kier alpha value is -2.34. The minimum Gasteiger partial charge on any atom is -0.349 e. The summed E-state index contributed by atoms with van der Waals surface area (Å²) in [5, 5.41) is 2.92. The molecule has 0 atom stereocenters. The van der Waals surface area contributed by atoms with Gasteiger partial charge in [-0.2, -0.15) is 0 Å². The topological polar surface area (TPSA) is 75.3 Å². The normalized spacial score (nSPS) is 11.4. The van der Waals surface area contributed by atoms with Gasteiger partial charge in [-0.25, -0.2) is 8.42 Å². The molecule has 2 rings (SSSR count). The monoisotopic (exact) mass is 360 g/mol. The van der Waals surface area contributed by atoms with Gasteiger partial charge in [-0.1, -0.05) is 38.1 Å². The number of anilines is 1. The molecule has 5 nitrogen and oxygen atoms in total. The van der Waals surface area contributed by atoms with Crippen LogP contribution in [0.25, 0.3) is 0 Å². The van der Waals surface area contributed by atoms with Crippen LogP contribution in [0.4, 0.5) is 5.69 Å². The maximum atomic E-state index is 12.6. The van der Waals surface area contributed by atoms with Crippen LogP contribution in [0.1, 0.15) is 42.6 Å². The molecule has 0 aliphatic rings. The second kappa shape index (κ2) is 8.16. The van der Waals surface area contributed by atoms with Gasteiger partial charge in [-0.05, 0) is 49.6 Å². The first-order valence-corrected chi connectivity index (χ1v) is 9.85. The van der Waals surface area contributed by atoms with E-state index in [1.54, 1.807) is 24.3 Å². The van der Waals surface area contributed by atoms with Crippen molar-refractivity contribution in [3.63, 3.8) is 0 Å². The largest absolute Gasteiger partial charge is 0.349 e. The van der Waals surface area contributed by atoms with Crippen molar-refractivity contribution in [2.45, 2.75) is 44.6 Å². The van der Waals surface area contributed by atoms with Gasteiger partial charge in [0, 0.05) is 11.6 Å². The fraction of sp³-hybridized carbons (Fsp3) is 0.316. The molecule has 0 saturated carbocycles. The van der Waals surface area contributed by atoms with E-state index in [2.05, 4.69) is 10.0 Å². The summed E-state index contributed by atoms with van der Waals surface area (Å²) in [5.74, 6) is -0.262. The van der Waals surface area contributed by atoms with Crippen LogP contribution in [0.15, 0.2) is 53.4 Å². The highest BCUT2D eigenvalue weighted by atomic mass is 32.2. The van der Waals surface area contributed by atoms with Crippen LogP contribution in [0.5, 0.6) is 0 Å². The van der Waals surface area contributed by atoms with Crippen LogP contribution in [-0.4, -0.2) is 20.4 Å². The number of aryl methyl sites for hydroxylation is 1. The summed E-state index contributed by atoms with van der Waals surface area (Å²) in [6.07, 6.45) is 1.66. The quantitative estimate of drug-likeness (QED) is 0.790. The molecule has 0 aliphatic carbocycles. The van der Waals surface area contributed by atoms with E-state index in [1.165, 1.54) is 12.1 Å². The number of hydrogen-bond acceptors (Lipinski definition) is 3. The van der Waals surface area contributed by atoms with Crippen molar-refractivity contribution in [2.24, 2.45) is 0 Å². The molecule has 0 saturated heterocycles. The summed E-state index contributed by atoms with van der Waals surface area (Å²) >= 11 is 0. The third-order valence-corrected chi connectivity index (χ3v) is 5.48. The first kappa shape index (κ1) is 19.0. The molecule has 134 valence electrons. The molecule has 6 heteroatoms. The van der Waals surface area contributed by atoms with Crippen molar-refractivity contribution >= 4 is 21.6 Å². The van der Waals surface area contributed by atoms with Gasteiger partial charge in [0.2, 0.25) is 0 Å². The number of sulfonamides is 1. The van der Waals surface area contributed by atoms with Crippen LogP contribution in [-0.2, 0) is 10.0 Å². The molecule has 1 amide bonds. The Kier molecular flexibility index (Phi) is 6.20. The second-order valence-corrected chi connectivity index (χ2v) is 7.62. The maximum Gasteiger partial charge on any atom is 0.261 e. The Balaban J connectivity index is 2.25. The Morgan fingerprint density at radius 1 is 1.04 bits per heavy atom. The molecule has 2 aromatic carbocycles. The Labute approximate surface area is 149 Å². The molecular formula is C19H24N2O3S.